The number of pyridine rings is 1. The van der Waals surface area contributed by atoms with Crippen molar-refractivity contribution in [3.8, 4) is 17.2 Å². The Morgan fingerprint density at radius 2 is 1.77 bits per heavy atom. The third-order valence-corrected chi connectivity index (χ3v) is 5.96. The Morgan fingerprint density at radius 3 is 2.44 bits per heavy atom. The Labute approximate surface area is 222 Å². The third-order valence-electron chi connectivity index (χ3n) is 5.96. The lowest BCUT2D eigenvalue weighted by Gasteiger charge is -2.28. The van der Waals surface area contributed by atoms with Crippen LogP contribution in [-0.4, -0.2) is 49.8 Å². The Bertz CT molecular complexity index is 1440. The first kappa shape index (κ1) is 27.2. The van der Waals surface area contributed by atoms with Crippen molar-refractivity contribution in [3.63, 3.8) is 0 Å². The van der Waals surface area contributed by atoms with E-state index in [0.717, 1.165) is 23.2 Å². The van der Waals surface area contributed by atoms with Gasteiger partial charge in [0.05, 0.1) is 23.5 Å². The van der Waals surface area contributed by atoms with Crippen LogP contribution in [0.4, 0.5) is 45.6 Å². The molecule has 4 rings (SSSR count). The highest BCUT2D eigenvalue weighted by Gasteiger charge is 2.36. The van der Waals surface area contributed by atoms with Crippen LogP contribution in [0.1, 0.15) is 12.5 Å². The number of hydrogen-bond donors (Lipinski definition) is 4. The van der Waals surface area contributed by atoms with E-state index >= 15 is 8.78 Å². The number of fused-ring (bicyclic) bond motifs is 3. The van der Waals surface area contributed by atoms with Gasteiger partial charge in [0.25, 0.3) is 0 Å². The number of anilines is 4. The van der Waals surface area contributed by atoms with Crippen molar-refractivity contribution >= 4 is 34.9 Å². The van der Waals surface area contributed by atoms with Gasteiger partial charge in [0.15, 0.2) is 11.6 Å². The molecule has 0 saturated carbocycles. The summed E-state index contributed by atoms with van der Waals surface area (Å²) in [7, 11) is 0. The summed E-state index contributed by atoms with van der Waals surface area (Å²) in [6.07, 6.45) is 0.957. The predicted molar refractivity (Wildman–Crippen MR) is 140 cm³/mol. The van der Waals surface area contributed by atoms with E-state index in [-0.39, 0.29) is 40.4 Å². The Kier molecular flexibility index (Phi) is 8.16. The molecule has 0 unspecified atom stereocenters. The van der Waals surface area contributed by atoms with Crippen LogP contribution < -0.4 is 31.5 Å². The fourth-order valence-electron chi connectivity index (χ4n) is 4.25. The minimum Gasteiger partial charge on any atom is -0.384 e. The monoisotopic (exact) mass is 538 g/mol. The molecule has 0 atom stereocenters. The van der Waals surface area contributed by atoms with Crippen molar-refractivity contribution < 1.29 is 22.8 Å². The number of carbonyl (C=O) groups is 2. The summed E-state index contributed by atoms with van der Waals surface area (Å²) in [5, 5.41) is 17.8. The average Bonchev–Trinajstić information content (AvgIpc) is 2.99. The molecule has 5 N–H and O–H groups in total. The first-order valence-electron chi connectivity index (χ1n) is 12.0. The first-order valence-corrected chi connectivity index (χ1v) is 12.0. The van der Waals surface area contributed by atoms with E-state index < -0.39 is 35.2 Å². The van der Waals surface area contributed by atoms with Crippen molar-refractivity contribution in [1.29, 1.82) is 5.26 Å². The van der Waals surface area contributed by atoms with Crippen molar-refractivity contribution in [1.82, 2.24) is 15.6 Å². The van der Waals surface area contributed by atoms with Crippen molar-refractivity contribution in [2.45, 2.75) is 6.92 Å². The predicted octanol–water partition coefficient (Wildman–Crippen LogP) is 3.81. The van der Waals surface area contributed by atoms with Gasteiger partial charge in [0.1, 0.15) is 17.3 Å². The molecule has 0 radical (unpaired) electrons. The second-order valence-electron chi connectivity index (χ2n) is 8.49. The molecular formula is C26H25F3N8O2. The SMILES string of the molecule is CCN1C(=O)N(c2c(F)cc(NCCNCCNC(N)=O)cc2F)c2cc(C#N)ccc2-c2cc(F)cnc21. The molecule has 2 aromatic carbocycles. The molecule has 1 aliphatic heterocycles. The molecule has 10 nitrogen and oxygen atoms in total. The molecule has 13 heteroatoms. The minimum atomic E-state index is -1.03. The number of aromatic nitrogens is 1. The van der Waals surface area contributed by atoms with Crippen molar-refractivity contribution in [2.24, 2.45) is 5.73 Å². The highest BCUT2D eigenvalue weighted by molar-refractivity contribution is 6.14. The summed E-state index contributed by atoms with van der Waals surface area (Å²) in [5.41, 5.74) is 5.14. The average molecular weight is 539 g/mol. The number of nitrogens with one attached hydrogen (secondary N) is 3. The van der Waals surface area contributed by atoms with Gasteiger partial charge in [-0.25, -0.2) is 27.7 Å². The van der Waals surface area contributed by atoms with Gasteiger partial charge in [0, 0.05) is 49.5 Å². The van der Waals surface area contributed by atoms with Gasteiger partial charge in [-0.05, 0) is 37.3 Å². The van der Waals surface area contributed by atoms with E-state index in [1.54, 1.807) is 6.92 Å². The Morgan fingerprint density at radius 1 is 1.05 bits per heavy atom. The zero-order chi connectivity index (χ0) is 28.1. The fourth-order valence-corrected chi connectivity index (χ4v) is 4.25. The van der Waals surface area contributed by atoms with E-state index in [2.05, 4.69) is 20.9 Å². The summed E-state index contributed by atoms with van der Waals surface area (Å²) < 4.78 is 45.3. The van der Waals surface area contributed by atoms with Crippen LogP contribution in [0.25, 0.3) is 11.1 Å². The first-order chi connectivity index (χ1) is 18.7. The number of carbonyl (C=O) groups excluding carboxylic acids is 2. The maximum absolute atomic E-state index is 15.6. The molecule has 0 spiro atoms. The van der Waals surface area contributed by atoms with Crippen LogP contribution in [-0.2, 0) is 0 Å². The minimum absolute atomic E-state index is 0.0101. The quantitative estimate of drug-likeness (QED) is 0.306. The normalized spacial score (nSPS) is 12.3. The molecule has 0 bridgehead atoms. The number of hydrogen-bond acceptors (Lipinski definition) is 6. The van der Waals surface area contributed by atoms with E-state index in [1.807, 2.05) is 6.07 Å². The molecule has 1 aromatic heterocycles. The number of nitriles is 1. The second-order valence-corrected chi connectivity index (χ2v) is 8.49. The van der Waals surface area contributed by atoms with Gasteiger partial charge in [-0.3, -0.25) is 9.80 Å². The maximum atomic E-state index is 15.6. The van der Waals surface area contributed by atoms with E-state index in [1.165, 1.54) is 29.2 Å². The maximum Gasteiger partial charge on any atom is 0.334 e. The number of rotatable bonds is 9. The van der Waals surface area contributed by atoms with Crippen LogP contribution in [0.15, 0.2) is 42.6 Å². The lowest BCUT2D eigenvalue weighted by Crippen LogP contribution is -2.41. The summed E-state index contributed by atoms with van der Waals surface area (Å²) in [4.78, 5) is 30.5. The number of nitrogens with zero attached hydrogens (tertiary/aromatic N) is 4. The lowest BCUT2D eigenvalue weighted by atomic mass is 10.0. The number of primary amides is 1. The molecule has 39 heavy (non-hydrogen) atoms. The third kappa shape index (κ3) is 5.70. The van der Waals surface area contributed by atoms with Crippen LogP contribution >= 0.6 is 0 Å². The Hall–Kier alpha value is -4.83. The highest BCUT2D eigenvalue weighted by Crippen LogP contribution is 2.45. The number of halogens is 3. The summed E-state index contributed by atoms with van der Waals surface area (Å²) in [5.74, 6) is -2.60. The molecule has 0 saturated heterocycles. The zero-order valence-electron chi connectivity index (χ0n) is 20.9. The number of nitrogens with two attached hydrogens (primary N) is 1. The van der Waals surface area contributed by atoms with Crippen LogP contribution in [0.2, 0.25) is 0 Å². The summed E-state index contributed by atoms with van der Waals surface area (Å²) in [6.45, 7) is 3.23. The highest BCUT2D eigenvalue weighted by atomic mass is 19.1. The Balaban J connectivity index is 1.69. The molecule has 202 valence electrons. The lowest BCUT2D eigenvalue weighted by molar-refractivity contribution is 0.249. The summed E-state index contributed by atoms with van der Waals surface area (Å²) in [6, 6.07) is 8.08. The van der Waals surface area contributed by atoms with Gasteiger partial charge >= 0.3 is 12.1 Å². The van der Waals surface area contributed by atoms with Crippen LogP contribution in [0.3, 0.4) is 0 Å². The van der Waals surface area contributed by atoms with E-state index in [4.69, 9.17) is 5.73 Å². The molecule has 0 fully saturated rings. The van der Waals surface area contributed by atoms with Crippen molar-refractivity contribution in [3.05, 3.63) is 65.6 Å². The smallest absolute Gasteiger partial charge is 0.334 e. The molecule has 2 heterocycles. The van der Waals surface area contributed by atoms with E-state index in [0.29, 0.717) is 26.2 Å². The van der Waals surface area contributed by atoms with E-state index in [9.17, 15) is 19.2 Å². The van der Waals surface area contributed by atoms with Gasteiger partial charge in [0.2, 0.25) is 0 Å². The molecule has 0 aliphatic carbocycles. The van der Waals surface area contributed by atoms with Crippen LogP contribution in [0, 0.1) is 28.8 Å². The van der Waals surface area contributed by atoms with Crippen molar-refractivity contribution in [2.75, 3.05) is 47.8 Å². The zero-order valence-corrected chi connectivity index (χ0v) is 20.9. The number of benzene rings is 2. The second kappa shape index (κ2) is 11.7. The summed E-state index contributed by atoms with van der Waals surface area (Å²) >= 11 is 0. The largest absolute Gasteiger partial charge is 0.384 e. The molecule has 4 amide bonds. The number of urea groups is 2. The van der Waals surface area contributed by atoms with Gasteiger partial charge in [-0.2, -0.15) is 5.26 Å². The fraction of sp³-hybridized carbons (Fsp3) is 0.231. The van der Waals surface area contributed by atoms with Gasteiger partial charge in [-0.1, -0.05) is 6.07 Å². The van der Waals surface area contributed by atoms with Crippen LogP contribution in [0.5, 0.6) is 0 Å². The van der Waals surface area contributed by atoms with Gasteiger partial charge in [-0.15, -0.1) is 0 Å². The standard InChI is InChI=1S/C26H25F3N8O2/c1-2-36-24-19(10-16(27)14-35-24)18-4-3-15(13-30)9-22(18)37(26(36)39)23-20(28)11-17(12-21(23)29)33-7-5-32-6-8-34-25(31)38/h3-4,9-12,14,32-33H,2,5-8H2,1H3,(H3,31,34,38). The number of amides is 4. The topological polar surface area (TPSA) is 139 Å². The molecule has 1 aliphatic rings. The molecule has 3 aromatic rings. The molecular weight excluding hydrogens is 513 g/mol. The van der Waals surface area contributed by atoms with Gasteiger partial charge < -0.3 is 21.7 Å².